The Balaban J connectivity index is 1.80. The van der Waals surface area contributed by atoms with Gasteiger partial charge in [-0.25, -0.2) is 0 Å². The lowest BCUT2D eigenvalue weighted by Crippen LogP contribution is -2.31. The van der Waals surface area contributed by atoms with Crippen LogP contribution in [-0.2, 0) is 4.79 Å². The van der Waals surface area contributed by atoms with Gasteiger partial charge in [-0.15, -0.1) is 11.3 Å². The predicted molar refractivity (Wildman–Crippen MR) is 104 cm³/mol. The first-order valence-electron chi connectivity index (χ1n) is 8.52. The van der Waals surface area contributed by atoms with Crippen LogP contribution in [0.25, 0.3) is 11.0 Å². The molecule has 27 heavy (non-hydrogen) atoms. The summed E-state index contributed by atoms with van der Waals surface area (Å²) in [6, 6.07) is 9.75. The molecule has 0 fully saturated rings. The maximum absolute atomic E-state index is 13.2. The number of aliphatic hydroxyl groups excluding tert-OH is 1. The molecular formula is C20H16ClNO4S. The molecule has 0 saturated carbocycles. The van der Waals surface area contributed by atoms with Gasteiger partial charge in [0.1, 0.15) is 5.58 Å². The Morgan fingerprint density at radius 2 is 2.15 bits per heavy atom. The smallest absolute Gasteiger partial charge is 0.290 e. The number of benzene rings is 1. The molecule has 0 aliphatic carbocycles. The van der Waals surface area contributed by atoms with Crippen LogP contribution in [0.15, 0.2) is 57.5 Å². The summed E-state index contributed by atoms with van der Waals surface area (Å²) in [5.41, 5.74) is 0.575. The van der Waals surface area contributed by atoms with Crippen molar-refractivity contribution in [1.82, 2.24) is 4.90 Å². The number of halogens is 1. The van der Waals surface area contributed by atoms with Crippen molar-refractivity contribution in [3.8, 4) is 0 Å². The third-order valence-corrected chi connectivity index (χ3v) is 5.69. The molecule has 0 bridgehead atoms. The van der Waals surface area contributed by atoms with Gasteiger partial charge >= 0.3 is 0 Å². The largest absolute Gasteiger partial charge is 0.503 e. The van der Waals surface area contributed by atoms with Gasteiger partial charge in [0.15, 0.2) is 11.5 Å². The molecule has 1 amide bonds. The molecule has 7 heteroatoms. The average molecular weight is 402 g/mol. The van der Waals surface area contributed by atoms with Crippen molar-refractivity contribution >= 4 is 45.6 Å². The summed E-state index contributed by atoms with van der Waals surface area (Å²) in [7, 11) is 0. The van der Waals surface area contributed by atoms with E-state index in [0.717, 1.165) is 4.88 Å². The zero-order valence-corrected chi connectivity index (χ0v) is 16.0. The molecular weight excluding hydrogens is 386 g/mol. The highest BCUT2D eigenvalue weighted by atomic mass is 35.5. The standard InChI is InChI=1S/C20H16ClNO4S/c1-2-7-22-17(15-4-3-8-27-15)16(19(24)20(22)25)18(23)14-10-11-9-12(21)5-6-13(11)26-14/h3-6,8-10,17,24H,2,7H2,1H3. The Hall–Kier alpha value is -2.57. The first kappa shape index (κ1) is 17.8. The van der Waals surface area contributed by atoms with Gasteiger partial charge in [0.05, 0.1) is 11.6 Å². The lowest BCUT2D eigenvalue weighted by molar-refractivity contribution is -0.129. The molecule has 0 saturated heterocycles. The zero-order valence-electron chi connectivity index (χ0n) is 14.4. The van der Waals surface area contributed by atoms with E-state index in [1.54, 1.807) is 24.3 Å². The number of Topliss-reactive ketones (excluding diaryl/α,β-unsaturated/α-hetero) is 1. The van der Waals surface area contributed by atoms with Crippen LogP contribution in [0.1, 0.15) is 34.8 Å². The van der Waals surface area contributed by atoms with E-state index in [-0.39, 0.29) is 11.3 Å². The van der Waals surface area contributed by atoms with Crippen molar-refractivity contribution in [3.05, 3.63) is 68.8 Å². The van der Waals surface area contributed by atoms with E-state index in [9.17, 15) is 14.7 Å². The molecule has 1 aliphatic heterocycles. The summed E-state index contributed by atoms with van der Waals surface area (Å²) in [6.45, 7) is 2.39. The Kier molecular flexibility index (Phi) is 4.53. The Morgan fingerprint density at radius 3 is 2.85 bits per heavy atom. The first-order valence-corrected chi connectivity index (χ1v) is 9.78. The topological polar surface area (TPSA) is 70.8 Å². The van der Waals surface area contributed by atoms with Crippen molar-refractivity contribution in [2.45, 2.75) is 19.4 Å². The average Bonchev–Trinajstić information content (AvgIpc) is 3.36. The number of furan rings is 1. The third kappa shape index (κ3) is 2.95. The highest BCUT2D eigenvalue weighted by Gasteiger charge is 2.44. The van der Waals surface area contributed by atoms with Gasteiger partial charge in [-0.05, 0) is 42.1 Å². The second-order valence-electron chi connectivity index (χ2n) is 6.30. The maximum atomic E-state index is 13.2. The number of aliphatic hydroxyl groups is 1. The normalized spacial score (nSPS) is 17.3. The lowest BCUT2D eigenvalue weighted by atomic mass is 10.00. The Labute approximate surface area is 164 Å². The van der Waals surface area contributed by atoms with Crippen molar-refractivity contribution in [1.29, 1.82) is 0 Å². The van der Waals surface area contributed by atoms with E-state index >= 15 is 0 Å². The number of hydrogen-bond acceptors (Lipinski definition) is 5. The van der Waals surface area contributed by atoms with Gasteiger partial charge in [-0.3, -0.25) is 9.59 Å². The molecule has 0 spiro atoms. The fraction of sp³-hybridized carbons (Fsp3) is 0.200. The van der Waals surface area contributed by atoms with Crippen molar-refractivity contribution in [3.63, 3.8) is 0 Å². The molecule has 1 unspecified atom stereocenters. The molecule has 4 rings (SSSR count). The predicted octanol–water partition coefficient (Wildman–Crippen LogP) is 5.14. The number of nitrogens with zero attached hydrogens (tertiary/aromatic N) is 1. The molecule has 0 radical (unpaired) electrons. The van der Waals surface area contributed by atoms with E-state index < -0.39 is 23.5 Å². The van der Waals surface area contributed by atoms with E-state index in [1.165, 1.54) is 16.2 Å². The summed E-state index contributed by atoms with van der Waals surface area (Å²) in [5, 5.41) is 13.6. The molecule has 3 heterocycles. The number of carbonyl (C=O) groups is 2. The summed E-state index contributed by atoms with van der Waals surface area (Å²) in [4.78, 5) is 28.1. The van der Waals surface area contributed by atoms with Gasteiger partial charge in [0.25, 0.3) is 5.91 Å². The van der Waals surface area contributed by atoms with Crippen molar-refractivity contribution < 1.29 is 19.1 Å². The summed E-state index contributed by atoms with van der Waals surface area (Å²) < 4.78 is 5.66. The minimum absolute atomic E-state index is 0.0565. The summed E-state index contributed by atoms with van der Waals surface area (Å²) in [5.74, 6) is -1.46. The Bertz CT molecular complexity index is 1070. The summed E-state index contributed by atoms with van der Waals surface area (Å²) >= 11 is 7.43. The van der Waals surface area contributed by atoms with Crippen LogP contribution in [0.5, 0.6) is 0 Å². The number of rotatable bonds is 5. The quantitative estimate of drug-likeness (QED) is 0.601. The number of fused-ring (bicyclic) bond motifs is 1. The fourth-order valence-corrected chi connectivity index (χ4v) is 4.38. The molecule has 1 aromatic carbocycles. The molecule has 5 nitrogen and oxygen atoms in total. The molecule has 1 aliphatic rings. The number of carbonyl (C=O) groups excluding carboxylic acids is 2. The number of ketones is 1. The van der Waals surface area contributed by atoms with Crippen LogP contribution in [0.3, 0.4) is 0 Å². The lowest BCUT2D eigenvalue weighted by Gasteiger charge is -2.24. The van der Waals surface area contributed by atoms with E-state index in [4.69, 9.17) is 16.0 Å². The number of amides is 1. The van der Waals surface area contributed by atoms with Gasteiger partial charge in [0.2, 0.25) is 5.78 Å². The summed E-state index contributed by atoms with van der Waals surface area (Å²) in [6.07, 6.45) is 0.714. The minimum Gasteiger partial charge on any atom is -0.503 e. The highest BCUT2D eigenvalue weighted by molar-refractivity contribution is 7.10. The van der Waals surface area contributed by atoms with Crippen LogP contribution in [0.2, 0.25) is 5.02 Å². The van der Waals surface area contributed by atoms with Gasteiger partial charge in [-0.1, -0.05) is 24.6 Å². The molecule has 1 N–H and O–H groups in total. The number of thiophene rings is 1. The van der Waals surface area contributed by atoms with Gasteiger partial charge in [0, 0.05) is 21.8 Å². The van der Waals surface area contributed by atoms with Gasteiger partial charge in [-0.2, -0.15) is 0 Å². The highest BCUT2D eigenvalue weighted by Crippen LogP contribution is 2.41. The Morgan fingerprint density at radius 1 is 1.33 bits per heavy atom. The van der Waals surface area contributed by atoms with E-state index in [0.29, 0.717) is 29.0 Å². The van der Waals surface area contributed by atoms with Crippen LogP contribution in [0, 0.1) is 0 Å². The molecule has 2 aromatic heterocycles. The van der Waals surface area contributed by atoms with Crippen molar-refractivity contribution in [2.75, 3.05) is 6.54 Å². The van der Waals surface area contributed by atoms with E-state index in [2.05, 4.69) is 0 Å². The first-order chi connectivity index (χ1) is 13.0. The number of hydrogen-bond donors (Lipinski definition) is 1. The van der Waals surface area contributed by atoms with Crippen LogP contribution < -0.4 is 0 Å². The van der Waals surface area contributed by atoms with Crippen LogP contribution in [-0.4, -0.2) is 28.2 Å². The third-order valence-electron chi connectivity index (χ3n) is 4.53. The minimum atomic E-state index is -0.609. The molecule has 138 valence electrons. The van der Waals surface area contributed by atoms with Crippen LogP contribution >= 0.6 is 22.9 Å². The second kappa shape index (κ2) is 6.87. The van der Waals surface area contributed by atoms with E-state index in [1.807, 2.05) is 24.4 Å². The fourth-order valence-electron chi connectivity index (χ4n) is 3.36. The maximum Gasteiger partial charge on any atom is 0.290 e. The monoisotopic (exact) mass is 401 g/mol. The van der Waals surface area contributed by atoms with Crippen molar-refractivity contribution in [2.24, 2.45) is 0 Å². The molecule has 3 aromatic rings. The SMILES string of the molecule is CCCN1C(=O)C(O)=C(C(=O)c2cc3cc(Cl)ccc3o2)C1c1cccs1. The molecule has 1 atom stereocenters. The van der Waals surface area contributed by atoms with Crippen LogP contribution in [0.4, 0.5) is 0 Å². The van der Waals surface area contributed by atoms with Gasteiger partial charge < -0.3 is 14.4 Å². The zero-order chi connectivity index (χ0) is 19.1. The second-order valence-corrected chi connectivity index (χ2v) is 7.72.